The monoisotopic (exact) mass is 219 g/mol. The number of rotatable bonds is 3. The average Bonchev–Trinajstić information content (AvgIpc) is 2.33. The Bertz CT molecular complexity index is 473. The van der Waals surface area contributed by atoms with E-state index in [9.17, 15) is 4.39 Å². The predicted molar refractivity (Wildman–Crippen MR) is 56.4 cm³/mol. The second kappa shape index (κ2) is 4.67. The molecule has 0 fully saturated rings. The molecule has 0 saturated carbocycles. The summed E-state index contributed by atoms with van der Waals surface area (Å²) in [5.41, 5.74) is 6.39. The first-order valence-electron chi connectivity index (χ1n) is 4.73. The van der Waals surface area contributed by atoms with Crippen LogP contribution in [-0.4, -0.2) is 9.97 Å². The molecule has 0 spiro atoms. The van der Waals surface area contributed by atoms with Crippen LogP contribution in [-0.2, 0) is 6.54 Å². The van der Waals surface area contributed by atoms with Gasteiger partial charge in [-0.1, -0.05) is 18.2 Å². The van der Waals surface area contributed by atoms with Crippen molar-refractivity contribution in [1.29, 1.82) is 0 Å². The Labute approximate surface area is 91.9 Å². The average molecular weight is 219 g/mol. The molecule has 0 radical (unpaired) electrons. The highest BCUT2D eigenvalue weighted by molar-refractivity contribution is 5.34. The zero-order valence-corrected chi connectivity index (χ0v) is 8.43. The molecule has 0 amide bonds. The number of para-hydroxylation sites is 1. The molecule has 1 aromatic heterocycles. The van der Waals surface area contributed by atoms with Crippen LogP contribution in [0.2, 0.25) is 0 Å². The van der Waals surface area contributed by atoms with Crippen LogP contribution in [0.5, 0.6) is 11.8 Å². The number of hydrogen-bond acceptors (Lipinski definition) is 4. The topological polar surface area (TPSA) is 61.0 Å². The maximum Gasteiger partial charge on any atom is 0.322 e. The molecule has 1 heterocycles. The first kappa shape index (κ1) is 10.5. The number of hydrogen-bond donors (Lipinski definition) is 1. The van der Waals surface area contributed by atoms with Crippen molar-refractivity contribution in [3.8, 4) is 11.8 Å². The maximum absolute atomic E-state index is 12.6. The predicted octanol–water partition coefficient (Wildman–Crippen LogP) is 1.87. The summed E-state index contributed by atoms with van der Waals surface area (Å²) in [6.45, 7) is 0.359. The van der Waals surface area contributed by atoms with E-state index in [0.717, 1.165) is 18.0 Å². The third kappa shape index (κ3) is 2.32. The molecule has 1 aromatic carbocycles. The first-order valence-corrected chi connectivity index (χ1v) is 4.73. The van der Waals surface area contributed by atoms with E-state index in [0.29, 0.717) is 12.3 Å². The molecule has 5 heteroatoms. The van der Waals surface area contributed by atoms with E-state index in [1.807, 2.05) is 18.2 Å². The van der Waals surface area contributed by atoms with Gasteiger partial charge in [-0.3, -0.25) is 0 Å². The fourth-order valence-corrected chi connectivity index (χ4v) is 1.22. The van der Waals surface area contributed by atoms with Gasteiger partial charge < -0.3 is 10.5 Å². The number of ether oxygens (including phenoxy) is 1. The molecule has 0 atom stereocenters. The highest BCUT2D eigenvalue weighted by atomic mass is 19.1. The van der Waals surface area contributed by atoms with Gasteiger partial charge in [-0.25, -0.2) is 14.4 Å². The van der Waals surface area contributed by atoms with Crippen LogP contribution in [0.25, 0.3) is 0 Å². The van der Waals surface area contributed by atoms with Crippen molar-refractivity contribution in [2.24, 2.45) is 5.73 Å². The molecule has 82 valence electrons. The molecule has 0 saturated heterocycles. The van der Waals surface area contributed by atoms with Crippen molar-refractivity contribution in [2.45, 2.75) is 6.54 Å². The third-order valence-electron chi connectivity index (χ3n) is 1.99. The maximum atomic E-state index is 12.6. The third-order valence-corrected chi connectivity index (χ3v) is 1.99. The number of nitrogens with zero attached hydrogens (tertiary/aromatic N) is 2. The minimum atomic E-state index is -0.500. The van der Waals surface area contributed by atoms with Crippen LogP contribution >= 0.6 is 0 Å². The van der Waals surface area contributed by atoms with E-state index < -0.39 is 5.82 Å². The summed E-state index contributed by atoms with van der Waals surface area (Å²) in [5.74, 6) is 0.0797. The lowest BCUT2D eigenvalue weighted by Gasteiger charge is -2.07. The van der Waals surface area contributed by atoms with E-state index in [-0.39, 0.29) is 6.01 Å². The molecule has 0 unspecified atom stereocenters. The molecule has 2 N–H and O–H groups in total. The Morgan fingerprint density at radius 3 is 2.56 bits per heavy atom. The van der Waals surface area contributed by atoms with Gasteiger partial charge in [0, 0.05) is 12.1 Å². The first-order chi connectivity index (χ1) is 7.79. The van der Waals surface area contributed by atoms with Crippen molar-refractivity contribution in [2.75, 3.05) is 0 Å². The van der Waals surface area contributed by atoms with Gasteiger partial charge in [0.2, 0.25) is 0 Å². The van der Waals surface area contributed by atoms with Crippen molar-refractivity contribution < 1.29 is 9.13 Å². The van der Waals surface area contributed by atoms with Gasteiger partial charge in [-0.15, -0.1) is 0 Å². The number of aromatic nitrogens is 2. The standard InChI is InChI=1S/C11H10FN3O/c12-9-6-14-11(15-7-9)16-10-4-2-1-3-8(10)5-13/h1-4,6-7H,5,13H2. The van der Waals surface area contributed by atoms with E-state index in [1.54, 1.807) is 6.07 Å². The van der Waals surface area contributed by atoms with Crippen molar-refractivity contribution >= 4 is 0 Å². The van der Waals surface area contributed by atoms with Crippen LogP contribution in [0.1, 0.15) is 5.56 Å². The number of benzene rings is 1. The highest BCUT2D eigenvalue weighted by Gasteiger charge is 2.04. The molecular formula is C11H10FN3O. The lowest BCUT2D eigenvalue weighted by Crippen LogP contribution is -2.00. The lowest BCUT2D eigenvalue weighted by molar-refractivity contribution is 0.431. The van der Waals surface area contributed by atoms with Crippen molar-refractivity contribution in [3.63, 3.8) is 0 Å². The molecule has 0 bridgehead atoms. The van der Waals surface area contributed by atoms with Crippen LogP contribution in [0.3, 0.4) is 0 Å². The molecule has 2 rings (SSSR count). The molecule has 16 heavy (non-hydrogen) atoms. The minimum absolute atomic E-state index is 0.0994. The molecule has 0 aliphatic heterocycles. The van der Waals surface area contributed by atoms with E-state index in [2.05, 4.69) is 9.97 Å². The summed E-state index contributed by atoms with van der Waals surface area (Å²) in [6, 6.07) is 7.38. The SMILES string of the molecule is NCc1ccccc1Oc1ncc(F)cn1. The second-order valence-corrected chi connectivity index (χ2v) is 3.10. The Hall–Kier alpha value is -2.01. The zero-order valence-electron chi connectivity index (χ0n) is 8.43. The highest BCUT2D eigenvalue weighted by Crippen LogP contribution is 2.21. The number of halogens is 1. The van der Waals surface area contributed by atoms with Gasteiger partial charge in [-0.2, -0.15) is 0 Å². The molecule has 2 aromatic rings. The summed E-state index contributed by atoms with van der Waals surface area (Å²) in [7, 11) is 0. The van der Waals surface area contributed by atoms with Crippen molar-refractivity contribution in [3.05, 3.63) is 48.0 Å². The minimum Gasteiger partial charge on any atom is -0.424 e. The molecular weight excluding hydrogens is 209 g/mol. The van der Waals surface area contributed by atoms with E-state index in [1.165, 1.54) is 0 Å². The quantitative estimate of drug-likeness (QED) is 0.855. The Kier molecular flexibility index (Phi) is 3.07. The Morgan fingerprint density at radius 1 is 1.19 bits per heavy atom. The Morgan fingerprint density at radius 2 is 1.88 bits per heavy atom. The van der Waals surface area contributed by atoms with Crippen LogP contribution in [0.4, 0.5) is 4.39 Å². The van der Waals surface area contributed by atoms with Crippen LogP contribution in [0, 0.1) is 5.82 Å². The van der Waals surface area contributed by atoms with Gasteiger partial charge in [-0.05, 0) is 6.07 Å². The van der Waals surface area contributed by atoms with E-state index >= 15 is 0 Å². The van der Waals surface area contributed by atoms with Crippen LogP contribution in [0.15, 0.2) is 36.7 Å². The summed E-state index contributed by atoms with van der Waals surface area (Å²) in [4.78, 5) is 7.40. The summed E-state index contributed by atoms with van der Waals surface area (Å²) < 4.78 is 18.0. The van der Waals surface area contributed by atoms with Gasteiger partial charge >= 0.3 is 6.01 Å². The molecule has 4 nitrogen and oxygen atoms in total. The summed E-state index contributed by atoms with van der Waals surface area (Å²) in [5, 5.41) is 0. The lowest BCUT2D eigenvalue weighted by atomic mass is 10.2. The molecule has 0 aliphatic carbocycles. The zero-order chi connectivity index (χ0) is 11.4. The smallest absolute Gasteiger partial charge is 0.322 e. The fraction of sp³-hybridized carbons (Fsp3) is 0.0909. The van der Waals surface area contributed by atoms with Crippen molar-refractivity contribution in [1.82, 2.24) is 9.97 Å². The van der Waals surface area contributed by atoms with Crippen LogP contribution < -0.4 is 10.5 Å². The normalized spacial score (nSPS) is 10.1. The fourth-order valence-electron chi connectivity index (χ4n) is 1.22. The molecule has 0 aliphatic rings. The second-order valence-electron chi connectivity index (χ2n) is 3.10. The summed E-state index contributed by atoms with van der Waals surface area (Å²) >= 11 is 0. The summed E-state index contributed by atoms with van der Waals surface area (Å²) in [6.07, 6.45) is 2.10. The number of nitrogens with two attached hydrogens (primary N) is 1. The Balaban J connectivity index is 2.23. The van der Waals surface area contributed by atoms with Gasteiger partial charge in [0.15, 0.2) is 5.82 Å². The van der Waals surface area contributed by atoms with Gasteiger partial charge in [0.25, 0.3) is 0 Å². The van der Waals surface area contributed by atoms with E-state index in [4.69, 9.17) is 10.5 Å². The van der Waals surface area contributed by atoms with Gasteiger partial charge in [0.1, 0.15) is 5.75 Å². The van der Waals surface area contributed by atoms with Gasteiger partial charge in [0.05, 0.1) is 12.4 Å². The largest absolute Gasteiger partial charge is 0.424 e.